The molecule has 0 fully saturated rings. The van der Waals surface area contributed by atoms with Crippen LogP contribution in [-0.4, -0.2) is 12.6 Å². The van der Waals surface area contributed by atoms with Crippen molar-refractivity contribution in [2.45, 2.75) is 20.0 Å². The quantitative estimate of drug-likeness (QED) is 0.608. The van der Waals surface area contributed by atoms with Crippen LogP contribution >= 0.6 is 23.2 Å². The number of esters is 1. The summed E-state index contributed by atoms with van der Waals surface area (Å²) in [7, 11) is 0. The van der Waals surface area contributed by atoms with Crippen LogP contribution in [0.15, 0.2) is 36.4 Å². The van der Waals surface area contributed by atoms with Crippen LogP contribution in [0.4, 0.5) is 5.69 Å². The number of halogens is 2. The van der Waals surface area contributed by atoms with Crippen molar-refractivity contribution in [2.24, 2.45) is 0 Å². The third kappa shape index (κ3) is 4.86. The topological polar surface area (TPSA) is 64.3 Å². The Balaban J connectivity index is 2.02. The van der Waals surface area contributed by atoms with Gasteiger partial charge in [0.05, 0.1) is 12.2 Å². The third-order valence-corrected chi connectivity index (χ3v) is 3.89. The van der Waals surface area contributed by atoms with Gasteiger partial charge in [0.2, 0.25) is 0 Å². The summed E-state index contributed by atoms with van der Waals surface area (Å²) in [6.45, 7) is 3.19. The van der Waals surface area contributed by atoms with Gasteiger partial charge in [-0.1, -0.05) is 29.3 Å². The van der Waals surface area contributed by atoms with Crippen LogP contribution in [0.3, 0.4) is 0 Å². The maximum atomic E-state index is 11.8. The highest BCUT2D eigenvalue weighted by atomic mass is 35.5. The van der Waals surface area contributed by atoms with Gasteiger partial charge in [0.1, 0.15) is 0 Å². The maximum absolute atomic E-state index is 11.8. The molecule has 6 heteroatoms. The molecule has 2 aromatic carbocycles. The van der Waals surface area contributed by atoms with Crippen LogP contribution in [0, 0.1) is 0 Å². The molecule has 23 heavy (non-hydrogen) atoms. The van der Waals surface area contributed by atoms with E-state index in [1.165, 1.54) is 0 Å². The molecular weight excluding hydrogens is 335 g/mol. The molecule has 0 aliphatic rings. The number of rotatable bonds is 6. The summed E-state index contributed by atoms with van der Waals surface area (Å²) in [6, 6.07) is 10.5. The first kappa shape index (κ1) is 17.6. The van der Waals surface area contributed by atoms with Crippen molar-refractivity contribution in [1.29, 1.82) is 0 Å². The van der Waals surface area contributed by atoms with E-state index in [-0.39, 0.29) is 5.97 Å². The molecule has 4 nitrogen and oxygen atoms in total. The number of anilines is 1. The summed E-state index contributed by atoms with van der Waals surface area (Å²) in [5, 5.41) is 4.47. The van der Waals surface area contributed by atoms with Gasteiger partial charge >= 0.3 is 5.97 Å². The highest BCUT2D eigenvalue weighted by Gasteiger charge is 2.09. The molecule has 0 unspecified atom stereocenters. The number of hydrogen-bond acceptors (Lipinski definition) is 4. The molecule has 0 aliphatic carbocycles. The zero-order valence-electron chi connectivity index (χ0n) is 12.7. The Morgan fingerprint density at radius 2 is 1.87 bits per heavy atom. The van der Waals surface area contributed by atoms with Gasteiger partial charge < -0.3 is 15.8 Å². The molecule has 2 aromatic rings. The minimum Gasteiger partial charge on any atom is -0.462 e. The minimum atomic E-state index is -0.352. The molecule has 0 radical (unpaired) electrons. The molecule has 0 amide bonds. The van der Waals surface area contributed by atoms with E-state index in [9.17, 15) is 4.79 Å². The van der Waals surface area contributed by atoms with E-state index in [0.29, 0.717) is 41.0 Å². The first-order valence-electron chi connectivity index (χ1n) is 7.21. The van der Waals surface area contributed by atoms with Gasteiger partial charge in [-0.3, -0.25) is 0 Å². The second kappa shape index (κ2) is 8.20. The lowest BCUT2D eigenvalue weighted by atomic mass is 10.1. The zero-order valence-corrected chi connectivity index (χ0v) is 14.2. The maximum Gasteiger partial charge on any atom is 0.338 e. The average molecular weight is 353 g/mol. The first-order valence-corrected chi connectivity index (χ1v) is 7.97. The Bertz CT molecular complexity index is 705. The molecule has 2 rings (SSSR count). The van der Waals surface area contributed by atoms with Gasteiger partial charge in [0.25, 0.3) is 0 Å². The van der Waals surface area contributed by atoms with Crippen LogP contribution in [0.25, 0.3) is 0 Å². The summed E-state index contributed by atoms with van der Waals surface area (Å²) in [5.74, 6) is -0.352. The number of nitrogens with two attached hydrogens (primary N) is 1. The van der Waals surface area contributed by atoms with Crippen LogP contribution in [0.2, 0.25) is 10.0 Å². The number of nitrogen functional groups attached to an aromatic ring is 1. The fraction of sp³-hybridized carbons (Fsp3) is 0.235. The summed E-state index contributed by atoms with van der Waals surface area (Å²) in [4.78, 5) is 11.8. The van der Waals surface area contributed by atoms with Crippen molar-refractivity contribution in [3.63, 3.8) is 0 Å². The lowest BCUT2D eigenvalue weighted by Crippen LogP contribution is -2.15. The Morgan fingerprint density at radius 1 is 1.13 bits per heavy atom. The molecule has 122 valence electrons. The highest BCUT2D eigenvalue weighted by Crippen LogP contribution is 2.21. The van der Waals surface area contributed by atoms with Crippen LogP contribution in [0.5, 0.6) is 0 Å². The van der Waals surface area contributed by atoms with Crippen LogP contribution in [-0.2, 0) is 17.8 Å². The molecule has 0 spiro atoms. The van der Waals surface area contributed by atoms with E-state index < -0.39 is 0 Å². The lowest BCUT2D eigenvalue weighted by Gasteiger charge is -2.11. The first-order chi connectivity index (χ1) is 11.0. The van der Waals surface area contributed by atoms with Gasteiger partial charge in [0, 0.05) is 28.8 Å². The number of carbonyl (C=O) groups is 1. The van der Waals surface area contributed by atoms with Crippen molar-refractivity contribution in [3.05, 3.63) is 63.1 Å². The molecule has 0 aromatic heterocycles. The number of ether oxygens (including phenoxy) is 1. The van der Waals surface area contributed by atoms with E-state index in [1.807, 2.05) is 6.07 Å². The molecule has 0 saturated heterocycles. The summed E-state index contributed by atoms with van der Waals surface area (Å²) in [5.41, 5.74) is 8.84. The monoisotopic (exact) mass is 352 g/mol. The molecule has 0 aliphatic heterocycles. The van der Waals surface area contributed by atoms with E-state index in [1.54, 1.807) is 37.3 Å². The van der Waals surface area contributed by atoms with Crippen molar-refractivity contribution in [1.82, 2.24) is 5.32 Å². The van der Waals surface area contributed by atoms with Crippen molar-refractivity contribution >= 4 is 34.9 Å². The van der Waals surface area contributed by atoms with E-state index >= 15 is 0 Å². The minimum absolute atomic E-state index is 0.339. The Labute approximate surface area is 145 Å². The molecule has 3 N–H and O–H groups in total. The molecule has 0 saturated carbocycles. The smallest absolute Gasteiger partial charge is 0.338 e. The van der Waals surface area contributed by atoms with Crippen LogP contribution in [0.1, 0.15) is 28.4 Å². The van der Waals surface area contributed by atoms with Crippen molar-refractivity contribution < 1.29 is 9.53 Å². The van der Waals surface area contributed by atoms with E-state index in [4.69, 9.17) is 33.7 Å². The van der Waals surface area contributed by atoms with Gasteiger partial charge in [-0.05, 0) is 48.4 Å². The van der Waals surface area contributed by atoms with E-state index in [0.717, 1.165) is 11.1 Å². The van der Waals surface area contributed by atoms with Crippen LogP contribution < -0.4 is 11.1 Å². The summed E-state index contributed by atoms with van der Waals surface area (Å²) >= 11 is 12.0. The summed E-state index contributed by atoms with van der Waals surface area (Å²) in [6.07, 6.45) is 0. The average Bonchev–Trinajstić information content (AvgIpc) is 2.51. The standard InChI is InChI=1S/C17H18Cl2N2O2/c1-2-23-17(22)11-4-6-16(20)13(7-11)10-21-9-12-3-5-14(18)8-15(12)19/h3-8,21H,2,9-10,20H2,1H3. The lowest BCUT2D eigenvalue weighted by molar-refractivity contribution is 0.0526. The Hall–Kier alpha value is -1.75. The molecule has 0 atom stereocenters. The fourth-order valence-corrected chi connectivity index (χ4v) is 2.57. The molecular formula is C17H18Cl2N2O2. The fourth-order valence-electron chi connectivity index (χ4n) is 2.10. The largest absolute Gasteiger partial charge is 0.462 e. The van der Waals surface area contributed by atoms with Gasteiger partial charge in [-0.15, -0.1) is 0 Å². The van der Waals surface area contributed by atoms with Gasteiger partial charge in [0.15, 0.2) is 0 Å². The zero-order chi connectivity index (χ0) is 16.8. The molecule has 0 heterocycles. The Kier molecular flexibility index (Phi) is 6.28. The normalized spacial score (nSPS) is 10.6. The van der Waals surface area contributed by atoms with Crippen molar-refractivity contribution in [2.75, 3.05) is 12.3 Å². The predicted octanol–water partition coefficient (Wildman–Crippen LogP) is 4.04. The second-order valence-electron chi connectivity index (χ2n) is 4.97. The summed E-state index contributed by atoms with van der Waals surface area (Å²) < 4.78 is 4.99. The number of nitrogens with one attached hydrogen (secondary N) is 1. The third-order valence-electron chi connectivity index (χ3n) is 3.30. The van der Waals surface area contributed by atoms with Gasteiger partial charge in [-0.25, -0.2) is 4.79 Å². The number of hydrogen-bond donors (Lipinski definition) is 2. The number of benzene rings is 2. The highest BCUT2D eigenvalue weighted by molar-refractivity contribution is 6.35. The SMILES string of the molecule is CCOC(=O)c1ccc(N)c(CNCc2ccc(Cl)cc2Cl)c1. The van der Waals surface area contributed by atoms with Gasteiger partial charge in [-0.2, -0.15) is 0 Å². The van der Waals surface area contributed by atoms with Crippen molar-refractivity contribution in [3.8, 4) is 0 Å². The second-order valence-corrected chi connectivity index (χ2v) is 5.82. The van der Waals surface area contributed by atoms with E-state index in [2.05, 4.69) is 5.32 Å². The number of carbonyl (C=O) groups excluding carboxylic acids is 1. The predicted molar refractivity (Wildman–Crippen MR) is 93.8 cm³/mol. The molecule has 0 bridgehead atoms. The Morgan fingerprint density at radius 3 is 2.57 bits per heavy atom.